The number of esters is 1. The Bertz CT molecular complexity index is 647. The van der Waals surface area contributed by atoms with Gasteiger partial charge in [-0.3, -0.25) is 19.2 Å². The van der Waals surface area contributed by atoms with E-state index in [4.69, 9.17) is 9.84 Å². The van der Waals surface area contributed by atoms with Crippen LogP contribution in [0.15, 0.2) is 0 Å². The summed E-state index contributed by atoms with van der Waals surface area (Å²) >= 11 is 0. The van der Waals surface area contributed by atoms with E-state index in [1.54, 1.807) is 0 Å². The molecule has 0 aromatic carbocycles. The standard InChI is InChI=1S/C22H35NO6/c1-13(5-9-19(25)23-14(2)21(27)28)16-7-8-17-15(6-10-20(26)29-4)18(24)11-12-22(16,17)3/h13-17H,5-12H2,1-4H3,(H,23,25)(H,27,28). The number of amides is 1. The van der Waals surface area contributed by atoms with Crippen molar-refractivity contribution in [2.75, 3.05) is 7.11 Å². The monoisotopic (exact) mass is 409 g/mol. The highest BCUT2D eigenvalue weighted by Crippen LogP contribution is 2.59. The normalized spacial score (nSPS) is 30.9. The van der Waals surface area contributed by atoms with Crippen LogP contribution in [0.3, 0.4) is 0 Å². The maximum atomic E-state index is 12.6. The minimum Gasteiger partial charge on any atom is -0.480 e. The van der Waals surface area contributed by atoms with E-state index in [1.807, 2.05) is 0 Å². The Balaban J connectivity index is 1.97. The average molecular weight is 410 g/mol. The molecule has 6 unspecified atom stereocenters. The second kappa shape index (κ2) is 9.72. The summed E-state index contributed by atoms with van der Waals surface area (Å²) < 4.78 is 4.74. The van der Waals surface area contributed by atoms with E-state index in [0.29, 0.717) is 37.5 Å². The number of carboxylic acids is 1. The Morgan fingerprint density at radius 2 is 1.93 bits per heavy atom. The zero-order valence-electron chi connectivity index (χ0n) is 18.0. The van der Waals surface area contributed by atoms with Gasteiger partial charge in [-0.2, -0.15) is 0 Å². The van der Waals surface area contributed by atoms with Crippen LogP contribution in [0.25, 0.3) is 0 Å². The molecule has 0 aromatic heterocycles. The topological polar surface area (TPSA) is 110 Å². The molecule has 2 saturated carbocycles. The van der Waals surface area contributed by atoms with Crippen LogP contribution in [0, 0.1) is 29.1 Å². The van der Waals surface area contributed by atoms with Crippen molar-refractivity contribution in [2.24, 2.45) is 29.1 Å². The van der Waals surface area contributed by atoms with Crippen LogP contribution in [0.5, 0.6) is 0 Å². The zero-order chi connectivity index (χ0) is 21.8. The molecule has 0 spiro atoms. The molecule has 29 heavy (non-hydrogen) atoms. The molecule has 7 nitrogen and oxygen atoms in total. The van der Waals surface area contributed by atoms with Crippen LogP contribution in [0.1, 0.15) is 72.1 Å². The first-order valence-electron chi connectivity index (χ1n) is 10.7. The summed E-state index contributed by atoms with van der Waals surface area (Å²) in [5, 5.41) is 11.4. The van der Waals surface area contributed by atoms with Crippen LogP contribution in [0.2, 0.25) is 0 Å². The van der Waals surface area contributed by atoms with Crippen LogP contribution < -0.4 is 5.32 Å². The number of carboxylic acid groups (broad SMARTS) is 1. The third-order valence-corrected chi connectivity index (χ3v) is 7.44. The second-order valence-corrected chi connectivity index (χ2v) is 9.13. The molecule has 0 aliphatic heterocycles. The number of nitrogens with one attached hydrogen (secondary N) is 1. The first kappa shape index (κ1) is 23.4. The number of methoxy groups -OCH3 is 1. The van der Waals surface area contributed by atoms with Crippen molar-refractivity contribution in [2.45, 2.75) is 78.2 Å². The SMILES string of the molecule is COC(=O)CCC1C(=O)CCC2(C)C(C(C)CCC(=O)NC(C)C(=O)O)CCC12. The number of ketones is 1. The minimum atomic E-state index is -1.04. The van der Waals surface area contributed by atoms with Gasteiger partial charge in [0.1, 0.15) is 11.8 Å². The molecule has 0 heterocycles. The Kier molecular flexibility index (Phi) is 7.83. The summed E-state index contributed by atoms with van der Waals surface area (Å²) in [6, 6.07) is -0.883. The molecule has 2 fully saturated rings. The smallest absolute Gasteiger partial charge is 0.325 e. The Labute approximate surface area is 172 Å². The number of ether oxygens (including phenoxy) is 1. The van der Waals surface area contributed by atoms with Crippen molar-refractivity contribution in [3.8, 4) is 0 Å². The van der Waals surface area contributed by atoms with Gasteiger partial charge < -0.3 is 15.2 Å². The molecule has 0 saturated heterocycles. The zero-order valence-corrected chi connectivity index (χ0v) is 18.0. The van der Waals surface area contributed by atoms with Crippen LogP contribution >= 0.6 is 0 Å². The van der Waals surface area contributed by atoms with Crippen molar-refractivity contribution in [1.29, 1.82) is 0 Å². The lowest BCUT2D eigenvalue weighted by Gasteiger charge is -2.46. The van der Waals surface area contributed by atoms with Gasteiger partial charge in [0, 0.05) is 25.2 Å². The molecule has 0 radical (unpaired) electrons. The van der Waals surface area contributed by atoms with E-state index in [2.05, 4.69) is 19.2 Å². The highest BCUT2D eigenvalue weighted by molar-refractivity contribution is 5.83. The molecule has 2 rings (SSSR count). The highest BCUT2D eigenvalue weighted by Gasteiger charge is 2.54. The Morgan fingerprint density at radius 1 is 1.24 bits per heavy atom. The Morgan fingerprint density at radius 3 is 2.55 bits per heavy atom. The van der Waals surface area contributed by atoms with Crippen molar-refractivity contribution < 1.29 is 29.0 Å². The summed E-state index contributed by atoms with van der Waals surface area (Å²) in [6.45, 7) is 5.89. The molecule has 164 valence electrons. The summed E-state index contributed by atoms with van der Waals surface area (Å²) in [7, 11) is 1.37. The predicted octanol–water partition coefficient (Wildman–Crippen LogP) is 2.96. The van der Waals surface area contributed by atoms with E-state index in [0.717, 1.165) is 19.3 Å². The van der Waals surface area contributed by atoms with E-state index in [1.165, 1.54) is 14.0 Å². The van der Waals surface area contributed by atoms with Crippen LogP contribution in [-0.2, 0) is 23.9 Å². The molecule has 1 amide bonds. The second-order valence-electron chi connectivity index (χ2n) is 9.13. The number of carbonyl (C=O) groups is 4. The molecule has 2 aliphatic carbocycles. The number of carbonyl (C=O) groups excluding carboxylic acids is 3. The molecular formula is C22H35NO6. The van der Waals surface area contributed by atoms with Gasteiger partial charge in [-0.1, -0.05) is 13.8 Å². The fourth-order valence-corrected chi connectivity index (χ4v) is 5.73. The average Bonchev–Trinajstić information content (AvgIpc) is 3.02. The lowest BCUT2D eigenvalue weighted by atomic mass is 9.58. The summed E-state index contributed by atoms with van der Waals surface area (Å²) in [6.07, 6.45) is 5.26. The molecule has 2 N–H and O–H groups in total. The number of hydrogen-bond donors (Lipinski definition) is 2. The van der Waals surface area contributed by atoms with Gasteiger partial charge in [0.2, 0.25) is 5.91 Å². The predicted molar refractivity (Wildman–Crippen MR) is 107 cm³/mol. The van der Waals surface area contributed by atoms with Gasteiger partial charge >= 0.3 is 11.9 Å². The van der Waals surface area contributed by atoms with Crippen LogP contribution in [-0.4, -0.2) is 41.9 Å². The fraction of sp³-hybridized carbons (Fsp3) is 0.818. The molecule has 0 aromatic rings. The lowest BCUT2D eigenvalue weighted by molar-refractivity contribution is -0.142. The van der Waals surface area contributed by atoms with Gasteiger partial charge in [0.15, 0.2) is 0 Å². The lowest BCUT2D eigenvalue weighted by Crippen LogP contribution is -2.43. The molecule has 2 aliphatic rings. The van der Waals surface area contributed by atoms with Gasteiger partial charge in [-0.25, -0.2) is 0 Å². The van der Waals surface area contributed by atoms with Gasteiger partial charge in [-0.15, -0.1) is 0 Å². The number of Topliss-reactive ketones (excluding diaryl/α,β-unsaturated/α-hetero) is 1. The first-order valence-corrected chi connectivity index (χ1v) is 10.7. The quantitative estimate of drug-likeness (QED) is 0.567. The van der Waals surface area contributed by atoms with E-state index < -0.39 is 12.0 Å². The fourth-order valence-electron chi connectivity index (χ4n) is 5.73. The third-order valence-electron chi connectivity index (χ3n) is 7.44. The highest BCUT2D eigenvalue weighted by atomic mass is 16.5. The van der Waals surface area contributed by atoms with E-state index >= 15 is 0 Å². The van der Waals surface area contributed by atoms with E-state index in [9.17, 15) is 19.2 Å². The number of fused-ring (bicyclic) bond motifs is 1. The van der Waals surface area contributed by atoms with Crippen molar-refractivity contribution in [3.05, 3.63) is 0 Å². The van der Waals surface area contributed by atoms with Crippen molar-refractivity contribution >= 4 is 23.6 Å². The van der Waals surface area contributed by atoms with Gasteiger partial charge in [0.25, 0.3) is 0 Å². The first-order chi connectivity index (χ1) is 13.6. The van der Waals surface area contributed by atoms with Crippen molar-refractivity contribution in [1.82, 2.24) is 5.32 Å². The Hall–Kier alpha value is -1.92. The summed E-state index contributed by atoms with van der Waals surface area (Å²) in [5.74, 6) is -0.340. The molecule has 0 bridgehead atoms. The maximum Gasteiger partial charge on any atom is 0.325 e. The summed E-state index contributed by atoms with van der Waals surface area (Å²) in [5.41, 5.74) is 0.0406. The van der Waals surface area contributed by atoms with E-state index in [-0.39, 0.29) is 41.3 Å². The summed E-state index contributed by atoms with van der Waals surface area (Å²) in [4.78, 5) is 47.1. The maximum absolute atomic E-state index is 12.6. The molecule has 6 atom stereocenters. The minimum absolute atomic E-state index is 0.0406. The van der Waals surface area contributed by atoms with Gasteiger partial charge in [0.05, 0.1) is 7.11 Å². The van der Waals surface area contributed by atoms with Crippen LogP contribution in [0.4, 0.5) is 0 Å². The largest absolute Gasteiger partial charge is 0.480 e. The van der Waals surface area contributed by atoms with Crippen molar-refractivity contribution in [3.63, 3.8) is 0 Å². The third kappa shape index (κ3) is 5.37. The molecular weight excluding hydrogens is 374 g/mol. The number of rotatable bonds is 9. The number of hydrogen-bond acceptors (Lipinski definition) is 5. The molecule has 7 heteroatoms. The van der Waals surface area contributed by atoms with Gasteiger partial charge in [-0.05, 0) is 62.2 Å². The number of aliphatic carboxylic acids is 1.